The number of amides is 1. The van der Waals surface area contributed by atoms with Crippen molar-refractivity contribution in [2.75, 3.05) is 56.8 Å². The fourth-order valence-corrected chi connectivity index (χ4v) is 7.52. The predicted octanol–water partition coefficient (Wildman–Crippen LogP) is 4.94. The number of thioether (sulfide) groups is 1. The van der Waals surface area contributed by atoms with Gasteiger partial charge in [-0.1, -0.05) is 43.0 Å². The first kappa shape index (κ1) is 31.0. The van der Waals surface area contributed by atoms with Gasteiger partial charge in [0.1, 0.15) is 6.33 Å². The number of ether oxygens (including phenoxy) is 1. The Bertz CT molecular complexity index is 1780. The molecule has 0 spiro atoms. The average molecular weight is 650 g/mol. The molecule has 5 heterocycles. The molecule has 0 bridgehead atoms. The summed E-state index contributed by atoms with van der Waals surface area (Å²) in [7, 11) is 1.62. The lowest BCUT2D eigenvalue weighted by atomic mass is 9.98. The van der Waals surface area contributed by atoms with Gasteiger partial charge < -0.3 is 20.4 Å². The van der Waals surface area contributed by atoms with Crippen LogP contribution in [-0.4, -0.2) is 86.7 Å². The number of likely N-dealkylation sites (tertiary alicyclic amines) is 1. The third-order valence-electron chi connectivity index (χ3n) is 9.43. The molecule has 1 saturated heterocycles. The number of benzene rings is 2. The Balaban J connectivity index is 0.948. The number of carbonyl (C=O) groups excluding carboxylic acids is 1. The van der Waals surface area contributed by atoms with E-state index in [0.717, 1.165) is 72.1 Å². The Morgan fingerprint density at radius 1 is 1.13 bits per heavy atom. The zero-order valence-corrected chi connectivity index (χ0v) is 27.4. The van der Waals surface area contributed by atoms with Crippen LogP contribution in [0.4, 0.5) is 11.4 Å². The van der Waals surface area contributed by atoms with Crippen molar-refractivity contribution < 1.29 is 9.53 Å². The van der Waals surface area contributed by atoms with Gasteiger partial charge in [-0.3, -0.25) is 14.8 Å². The van der Waals surface area contributed by atoms with E-state index in [9.17, 15) is 4.79 Å². The summed E-state index contributed by atoms with van der Waals surface area (Å²) in [6.07, 6.45) is 9.43. The van der Waals surface area contributed by atoms with Gasteiger partial charge in [-0.2, -0.15) is 16.9 Å². The van der Waals surface area contributed by atoms with Crippen LogP contribution in [0.3, 0.4) is 0 Å². The number of hydrogen-bond donors (Lipinski definition) is 4. The van der Waals surface area contributed by atoms with E-state index in [0.29, 0.717) is 19.0 Å². The van der Waals surface area contributed by atoms with Crippen molar-refractivity contribution in [1.29, 1.82) is 0 Å². The van der Waals surface area contributed by atoms with Crippen LogP contribution in [0.25, 0.3) is 17.0 Å². The zero-order valence-electron chi connectivity index (χ0n) is 26.6. The maximum absolute atomic E-state index is 13.4. The molecule has 242 valence electrons. The summed E-state index contributed by atoms with van der Waals surface area (Å²) in [4.78, 5) is 26.2. The minimum absolute atomic E-state index is 0.0349. The quantitative estimate of drug-likeness (QED) is 0.188. The van der Waals surface area contributed by atoms with E-state index in [-0.39, 0.29) is 16.7 Å². The highest BCUT2D eigenvalue weighted by molar-refractivity contribution is 8.00. The fraction of sp³-hybridized carbons (Fsp3) is 0.314. The summed E-state index contributed by atoms with van der Waals surface area (Å²) in [6, 6.07) is 18.5. The molecular formula is C35H39N9O2S. The summed E-state index contributed by atoms with van der Waals surface area (Å²) in [5.74, 6) is 1.52. The van der Waals surface area contributed by atoms with Crippen LogP contribution in [0.5, 0.6) is 5.88 Å². The smallest absolute Gasteiger partial charge is 0.237 e. The first-order valence-corrected chi connectivity index (χ1v) is 17.0. The van der Waals surface area contributed by atoms with Gasteiger partial charge in [0.05, 0.1) is 30.1 Å². The molecule has 12 heteroatoms. The second kappa shape index (κ2) is 13.2. The third-order valence-corrected chi connectivity index (χ3v) is 10.8. The normalized spacial score (nSPS) is 20.8. The number of anilines is 2. The van der Waals surface area contributed by atoms with Crippen molar-refractivity contribution in [3.63, 3.8) is 0 Å². The Kier molecular flexibility index (Phi) is 8.72. The van der Waals surface area contributed by atoms with Crippen LogP contribution in [0.1, 0.15) is 35.6 Å². The minimum Gasteiger partial charge on any atom is -0.481 e. The number of rotatable bonds is 10. The van der Waals surface area contributed by atoms with Crippen LogP contribution in [0.15, 0.2) is 85.5 Å². The number of H-pyrrole nitrogens is 1. The summed E-state index contributed by atoms with van der Waals surface area (Å²) in [5, 5.41) is 10.5. The van der Waals surface area contributed by atoms with Gasteiger partial charge >= 0.3 is 0 Å². The lowest BCUT2D eigenvalue weighted by Crippen LogP contribution is -2.43. The molecule has 2 aromatic carbocycles. The highest BCUT2D eigenvalue weighted by Gasteiger charge is 2.41. The van der Waals surface area contributed by atoms with E-state index in [4.69, 9.17) is 4.74 Å². The number of pyridine rings is 1. The largest absolute Gasteiger partial charge is 0.481 e. The van der Waals surface area contributed by atoms with Gasteiger partial charge in [-0.25, -0.2) is 15.4 Å². The van der Waals surface area contributed by atoms with Gasteiger partial charge in [0.2, 0.25) is 11.8 Å². The fourth-order valence-electron chi connectivity index (χ4n) is 6.62. The molecule has 3 aliphatic heterocycles. The van der Waals surface area contributed by atoms with E-state index in [1.807, 2.05) is 23.2 Å². The summed E-state index contributed by atoms with van der Waals surface area (Å²) < 4.78 is 5.03. The van der Waals surface area contributed by atoms with Crippen LogP contribution in [-0.2, 0) is 4.79 Å². The van der Waals surface area contributed by atoms with Gasteiger partial charge in [0.25, 0.3) is 0 Å². The zero-order chi connectivity index (χ0) is 32.4. The first-order valence-electron chi connectivity index (χ1n) is 15.8. The molecule has 1 fully saturated rings. The maximum atomic E-state index is 13.4. The van der Waals surface area contributed by atoms with E-state index in [1.165, 1.54) is 17.5 Å². The van der Waals surface area contributed by atoms with E-state index in [2.05, 4.69) is 103 Å². The van der Waals surface area contributed by atoms with Crippen molar-refractivity contribution in [2.24, 2.45) is 0 Å². The van der Waals surface area contributed by atoms with E-state index in [1.54, 1.807) is 18.9 Å². The van der Waals surface area contributed by atoms with Crippen LogP contribution >= 0.6 is 11.8 Å². The van der Waals surface area contributed by atoms with Crippen molar-refractivity contribution in [2.45, 2.75) is 23.6 Å². The molecule has 4 N–H and O–H groups in total. The number of carbonyl (C=O) groups is 1. The monoisotopic (exact) mass is 649 g/mol. The number of fused-ring (bicyclic) bond motifs is 1. The lowest BCUT2D eigenvalue weighted by molar-refractivity contribution is -0.131. The number of aromatic nitrogens is 4. The van der Waals surface area contributed by atoms with Gasteiger partial charge in [-0.15, -0.1) is 0 Å². The number of hydrogen-bond acceptors (Lipinski definition) is 10. The Morgan fingerprint density at radius 2 is 1.98 bits per heavy atom. The SMILES string of the molecule is C=C(Nc1ccc2c(c1)C(c1ccc(OC)nc1)NN2)[C@]1(SC)CCN(CC(=O)N2CC=C(c3ccc(-c4ncn[nH]4)cc3)CC2)C1. The van der Waals surface area contributed by atoms with Crippen molar-refractivity contribution in [3.05, 3.63) is 102 Å². The number of nitrogens with zero attached hydrogens (tertiary/aromatic N) is 5. The topological polar surface area (TPSA) is 123 Å². The lowest BCUT2D eigenvalue weighted by Gasteiger charge is -2.32. The molecule has 0 aliphatic carbocycles. The summed E-state index contributed by atoms with van der Waals surface area (Å²) >= 11 is 1.81. The molecule has 0 radical (unpaired) electrons. The second-order valence-corrected chi connectivity index (χ2v) is 13.3. The van der Waals surface area contributed by atoms with Crippen molar-refractivity contribution in [3.8, 4) is 17.3 Å². The molecule has 7 rings (SSSR count). The second-order valence-electron chi connectivity index (χ2n) is 12.1. The number of aromatic amines is 1. The highest BCUT2D eigenvalue weighted by Crippen LogP contribution is 2.41. The molecule has 47 heavy (non-hydrogen) atoms. The standard InChI is InChI=1S/C35H39N9O2S/c1-23(39-28-9-10-30-29(18-28)33(41-40-30)27-8-11-31(46-2)36-19-27)35(47-3)14-17-43(21-35)20-32(45)44-15-12-25(13-16-44)24-4-6-26(7-5-24)34-37-22-38-42-34/h4-12,18-19,22,33,39-41H,1,13-17,20-21H2,2-3H3,(H,37,38,42)/t33?,35-/m0/s1. The molecule has 2 aromatic heterocycles. The molecule has 1 amide bonds. The Morgan fingerprint density at radius 3 is 2.68 bits per heavy atom. The van der Waals surface area contributed by atoms with E-state index < -0.39 is 0 Å². The van der Waals surface area contributed by atoms with E-state index >= 15 is 0 Å². The average Bonchev–Trinajstić information content (AvgIpc) is 3.90. The van der Waals surface area contributed by atoms with Gasteiger partial charge in [0.15, 0.2) is 5.82 Å². The van der Waals surface area contributed by atoms with Gasteiger partial charge in [0, 0.05) is 61.0 Å². The van der Waals surface area contributed by atoms with Crippen LogP contribution in [0.2, 0.25) is 0 Å². The molecule has 4 aromatic rings. The summed E-state index contributed by atoms with van der Waals surface area (Å²) in [6.45, 7) is 7.89. The number of hydrazine groups is 1. The molecular weight excluding hydrogens is 611 g/mol. The maximum Gasteiger partial charge on any atom is 0.237 e. The molecule has 11 nitrogen and oxygen atoms in total. The summed E-state index contributed by atoms with van der Waals surface area (Å²) in [5.41, 5.74) is 15.3. The molecule has 3 aliphatic rings. The number of nitrogens with one attached hydrogen (secondary N) is 4. The molecule has 0 saturated carbocycles. The van der Waals surface area contributed by atoms with Crippen LogP contribution < -0.4 is 20.9 Å². The highest BCUT2D eigenvalue weighted by atomic mass is 32.2. The Hall–Kier alpha value is -4.65. The molecule has 2 atom stereocenters. The Labute approximate surface area is 278 Å². The van der Waals surface area contributed by atoms with Gasteiger partial charge in [-0.05, 0) is 54.0 Å². The van der Waals surface area contributed by atoms with Crippen LogP contribution in [0, 0.1) is 0 Å². The predicted molar refractivity (Wildman–Crippen MR) is 187 cm³/mol. The van der Waals surface area contributed by atoms with Crippen molar-refractivity contribution in [1.82, 2.24) is 35.4 Å². The van der Waals surface area contributed by atoms with Crippen molar-refractivity contribution >= 4 is 34.6 Å². The number of methoxy groups -OCH3 is 1. The molecule has 1 unspecified atom stereocenters. The first-order chi connectivity index (χ1) is 22.9. The third kappa shape index (κ3) is 6.36. The minimum atomic E-state index is -0.193.